The summed E-state index contributed by atoms with van der Waals surface area (Å²) in [6, 6.07) is 10.6. The molecule has 0 radical (unpaired) electrons. The number of nitrogens with one attached hydrogen (secondary N) is 1. The summed E-state index contributed by atoms with van der Waals surface area (Å²) in [5.41, 5.74) is 3.75. The molecule has 1 N–H and O–H groups in total. The molecule has 84 valence electrons. The highest BCUT2D eigenvalue weighted by atomic mass is 16.1. The van der Waals surface area contributed by atoms with Gasteiger partial charge in [-0.2, -0.15) is 5.10 Å². The number of aromatic nitrogens is 2. The van der Waals surface area contributed by atoms with Crippen LogP contribution in [0.5, 0.6) is 0 Å². The lowest BCUT2D eigenvalue weighted by Gasteiger charge is -1.97. The maximum absolute atomic E-state index is 10.5. The molecule has 0 aliphatic rings. The third-order valence-electron chi connectivity index (χ3n) is 1.95. The van der Waals surface area contributed by atoms with Crippen LogP contribution >= 0.6 is 0 Å². The second kappa shape index (κ2) is 5.50. The van der Waals surface area contributed by atoms with E-state index in [1.54, 1.807) is 30.5 Å². The summed E-state index contributed by atoms with van der Waals surface area (Å²) < 4.78 is 0. The van der Waals surface area contributed by atoms with Gasteiger partial charge in [-0.25, -0.2) is 9.97 Å². The van der Waals surface area contributed by atoms with E-state index >= 15 is 0 Å². The number of aldehydes is 1. The molecule has 0 unspecified atom stereocenters. The number of pyridine rings is 2. The zero-order chi connectivity index (χ0) is 11.9. The Morgan fingerprint density at radius 3 is 2.76 bits per heavy atom. The van der Waals surface area contributed by atoms with Crippen LogP contribution in [0.25, 0.3) is 0 Å². The van der Waals surface area contributed by atoms with Gasteiger partial charge in [0, 0.05) is 6.20 Å². The minimum Gasteiger partial charge on any atom is -0.296 e. The molecular formula is C12H10N4O. The highest BCUT2D eigenvalue weighted by Crippen LogP contribution is 1.99. The lowest BCUT2D eigenvalue weighted by Crippen LogP contribution is -1.96. The summed E-state index contributed by atoms with van der Waals surface area (Å²) >= 11 is 0. The Morgan fingerprint density at radius 1 is 1.12 bits per heavy atom. The summed E-state index contributed by atoms with van der Waals surface area (Å²) in [5, 5.41) is 3.97. The highest BCUT2D eigenvalue weighted by Gasteiger charge is 1.93. The number of hydrogen-bond donors (Lipinski definition) is 1. The smallest absolute Gasteiger partial charge is 0.168 e. The second-order valence-corrected chi connectivity index (χ2v) is 3.19. The molecule has 0 spiro atoms. The molecule has 0 aliphatic heterocycles. The fourth-order valence-electron chi connectivity index (χ4n) is 1.20. The van der Waals surface area contributed by atoms with Crippen molar-refractivity contribution in [3.63, 3.8) is 0 Å². The molecule has 2 rings (SSSR count). The monoisotopic (exact) mass is 226 g/mol. The van der Waals surface area contributed by atoms with Crippen LogP contribution in [-0.2, 0) is 0 Å². The van der Waals surface area contributed by atoms with Crippen molar-refractivity contribution in [1.29, 1.82) is 0 Å². The van der Waals surface area contributed by atoms with Crippen LogP contribution in [-0.4, -0.2) is 22.5 Å². The molecular weight excluding hydrogens is 216 g/mol. The van der Waals surface area contributed by atoms with E-state index in [1.165, 1.54) is 6.21 Å². The summed E-state index contributed by atoms with van der Waals surface area (Å²) in [7, 11) is 0. The standard InChI is InChI=1S/C12H10N4O/c17-9-11-5-3-4-10(15-11)8-14-16-12-6-1-2-7-13-12/h1-9H,(H,13,16)/b14-8+. The van der Waals surface area contributed by atoms with Crippen molar-refractivity contribution in [2.75, 3.05) is 5.43 Å². The molecule has 2 aromatic rings. The summed E-state index contributed by atoms with van der Waals surface area (Å²) in [5.74, 6) is 0.648. The van der Waals surface area contributed by atoms with Crippen molar-refractivity contribution in [2.24, 2.45) is 5.10 Å². The van der Waals surface area contributed by atoms with Crippen molar-refractivity contribution < 1.29 is 4.79 Å². The number of nitrogens with zero attached hydrogens (tertiary/aromatic N) is 3. The van der Waals surface area contributed by atoms with Crippen LogP contribution in [0, 0.1) is 0 Å². The number of anilines is 1. The van der Waals surface area contributed by atoms with E-state index in [0.717, 1.165) is 0 Å². The molecule has 0 saturated carbocycles. The molecule has 0 bridgehead atoms. The van der Waals surface area contributed by atoms with Crippen molar-refractivity contribution in [3.05, 3.63) is 54.0 Å². The third-order valence-corrected chi connectivity index (χ3v) is 1.95. The molecule has 2 aromatic heterocycles. The molecule has 2 heterocycles. The lowest BCUT2D eigenvalue weighted by molar-refractivity contribution is 0.111. The molecule has 5 heteroatoms. The quantitative estimate of drug-likeness (QED) is 0.490. The van der Waals surface area contributed by atoms with Gasteiger partial charge in [0.2, 0.25) is 0 Å². The van der Waals surface area contributed by atoms with Gasteiger partial charge in [0.25, 0.3) is 0 Å². The number of carbonyl (C=O) groups is 1. The first-order valence-electron chi connectivity index (χ1n) is 5.01. The number of hydrazone groups is 1. The minimum atomic E-state index is 0.381. The van der Waals surface area contributed by atoms with Gasteiger partial charge in [-0.3, -0.25) is 10.2 Å². The van der Waals surface area contributed by atoms with Crippen molar-refractivity contribution in [3.8, 4) is 0 Å². The lowest BCUT2D eigenvalue weighted by atomic mass is 10.3. The first kappa shape index (κ1) is 10.9. The topological polar surface area (TPSA) is 67.2 Å². The van der Waals surface area contributed by atoms with E-state index in [-0.39, 0.29) is 0 Å². The van der Waals surface area contributed by atoms with Crippen LogP contribution in [0.3, 0.4) is 0 Å². The maximum Gasteiger partial charge on any atom is 0.168 e. The van der Waals surface area contributed by atoms with Gasteiger partial charge in [0.15, 0.2) is 6.29 Å². The minimum absolute atomic E-state index is 0.381. The highest BCUT2D eigenvalue weighted by molar-refractivity contribution is 5.80. The fourth-order valence-corrected chi connectivity index (χ4v) is 1.20. The van der Waals surface area contributed by atoms with Gasteiger partial charge in [0.05, 0.1) is 11.9 Å². The Kier molecular flexibility index (Phi) is 3.54. The van der Waals surface area contributed by atoms with Crippen molar-refractivity contribution >= 4 is 18.3 Å². The first-order valence-corrected chi connectivity index (χ1v) is 5.01. The Balaban J connectivity index is 2.03. The van der Waals surface area contributed by atoms with Crippen molar-refractivity contribution in [1.82, 2.24) is 9.97 Å². The predicted octanol–water partition coefficient (Wildman–Crippen LogP) is 1.74. The van der Waals surface area contributed by atoms with Gasteiger partial charge in [0.1, 0.15) is 11.5 Å². The molecule has 0 amide bonds. The average molecular weight is 226 g/mol. The predicted molar refractivity (Wildman–Crippen MR) is 65.1 cm³/mol. The van der Waals surface area contributed by atoms with E-state index < -0.39 is 0 Å². The second-order valence-electron chi connectivity index (χ2n) is 3.19. The SMILES string of the molecule is O=Cc1cccc(/C=N/Nc2ccccn2)n1. The van der Waals surface area contributed by atoms with Gasteiger partial charge < -0.3 is 0 Å². The first-order chi connectivity index (χ1) is 8.38. The molecule has 0 aromatic carbocycles. The number of hydrogen-bond acceptors (Lipinski definition) is 5. The zero-order valence-electron chi connectivity index (χ0n) is 8.95. The Labute approximate surface area is 98.2 Å². The zero-order valence-corrected chi connectivity index (χ0v) is 8.95. The van der Waals surface area contributed by atoms with E-state index in [1.807, 2.05) is 12.1 Å². The summed E-state index contributed by atoms with van der Waals surface area (Å²) in [6.45, 7) is 0. The van der Waals surface area contributed by atoms with Gasteiger partial charge in [-0.05, 0) is 24.3 Å². The van der Waals surface area contributed by atoms with Crippen LogP contribution in [0.4, 0.5) is 5.82 Å². The molecule has 5 nitrogen and oxygen atoms in total. The molecule has 0 saturated heterocycles. The largest absolute Gasteiger partial charge is 0.296 e. The van der Waals surface area contributed by atoms with Crippen LogP contribution in [0.2, 0.25) is 0 Å². The Bertz CT molecular complexity index is 525. The van der Waals surface area contributed by atoms with E-state index in [2.05, 4.69) is 20.5 Å². The van der Waals surface area contributed by atoms with Gasteiger partial charge >= 0.3 is 0 Å². The van der Waals surface area contributed by atoms with E-state index in [4.69, 9.17) is 0 Å². The number of rotatable bonds is 4. The molecule has 17 heavy (non-hydrogen) atoms. The third kappa shape index (κ3) is 3.20. The molecule has 0 atom stereocenters. The van der Waals surface area contributed by atoms with Crippen LogP contribution in [0.15, 0.2) is 47.7 Å². The van der Waals surface area contributed by atoms with Crippen LogP contribution < -0.4 is 5.43 Å². The van der Waals surface area contributed by atoms with Crippen molar-refractivity contribution in [2.45, 2.75) is 0 Å². The summed E-state index contributed by atoms with van der Waals surface area (Å²) in [6.07, 6.45) is 3.90. The number of carbonyl (C=O) groups excluding carboxylic acids is 1. The normalized spacial score (nSPS) is 10.4. The fraction of sp³-hybridized carbons (Fsp3) is 0. The molecule has 0 fully saturated rings. The van der Waals surface area contributed by atoms with Crippen LogP contribution in [0.1, 0.15) is 16.2 Å². The summed E-state index contributed by atoms with van der Waals surface area (Å²) in [4.78, 5) is 18.6. The van der Waals surface area contributed by atoms with E-state index in [0.29, 0.717) is 23.5 Å². The maximum atomic E-state index is 10.5. The Hall–Kier alpha value is -2.56. The van der Waals surface area contributed by atoms with Gasteiger partial charge in [-0.1, -0.05) is 12.1 Å². The Morgan fingerprint density at radius 2 is 2.00 bits per heavy atom. The van der Waals surface area contributed by atoms with E-state index in [9.17, 15) is 4.79 Å². The molecule has 0 aliphatic carbocycles. The average Bonchev–Trinajstić information content (AvgIpc) is 2.40. The van der Waals surface area contributed by atoms with Gasteiger partial charge in [-0.15, -0.1) is 0 Å².